The van der Waals surface area contributed by atoms with Crippen LogP contribution in [0.1, 0.15) is 30.1 Å². The van der Waals surface area contributed by atoms with Crippen LogP contribution in [0.25, 0.3) is 10.9 Å². The maximum absolute atomic E-state index is 13.0. The van der Waals surface area contributed by atoms with Crippen LogP contribution in [0.4, 0.5) is 0 Å². The molecule has 2 aromatic heterocycles. The van der Waals surface area contributed by atoms with E-state index in [0.29, 0.717) is 0 Å². The molecule has 0 radical (unpaired) electrons. The van der Waals surface area contributed by atoms with E-state index in [9.17, 15) is 8.42 Å². The van der Waals surface area contributed by atoms with Gasteiger partial charge < -0.3 is 4.57 Å². The predicted octanol–water partition coefficient (Wildman–Crippen LogP) is 3.32. The third-order valence-electron chi connectivity index (χ3n) is 5.62. The molecule has 2 bridgehead atoms. The molecule has 1 fully saturated rings. The number of halogens is 1. The Bertz CT molecular complexity index is 1140. The van der Waals surface area contributed by atoms with Gasteiger partial charge in [-0.15, -0.1) is 11.6 Å². The number of benzene rings is 1. The van der Waals surface area contributed by atoms with E-state index in [1.165, 1.54) is 23.5 Å². The Balaban J connectivity index is 1.73. The summed E-state index contributed by atoms with van der Waals surface area (Å²) in [7, 11) is -1.61. The zero-order valence-electron chi connectivity index (χ0n) is 14.2. The summed E-state index contributed by atoms with van der Waals surface area (Å²) >= 11 is 6.68. The molecule has 5 rings (SSSR count). The molecule has 1 N–H and O–H groups in total. The molecule has 134 valence electrons. The first-order valence-electron chi connectivity index (χ1n) is 8.63. The van der Waals surface area contributed by atoms with E-state index in [1.54, 1.807) is 24.3 Å². The average Bonchev–Trinajstić information content (AvgIpc) is 3.10. The lowest BCUT2D eigenvalue weighted by Gasteiger charge is -2.29. The Morgan fingerprint density at radius 1 is 1.31 bits per heavy atom. The van der Waals surface area contributed by atoms with E-state index in [4.69, 9.17) is 11.6 Å². The summed E-state index contributed by atoms with van der Waals surface area (Å²) in [5.74, 6) is 0. The van der Waals surface area contributed by atoms with E-state index >= 15 is 0 Å². The van der Waals surface area contributed by atoms with Crippen LogP contribution in [0.2, 0.25) is 0 Å². The molecule has 2 aliphatic heterocycles. The van der Waals surface area contributed by atoms with E-state index in [1.807, 2.05) is 13.1 Å². The number of fused-ring (bicyclic) bond motifs is 6. The third kappa shape index (κ3) is 2.19. The van der Waals surface area contributed by atoms with Gasteiger partial charge in [0.05, 0.1) is 9.89 Å². The van der Waals surface area contributed by atoms with Crippen LogP contribution in [0.15, 0.2) is 52.5 Å². The summed E-state index contributed by atoms with van der Waals surface area (Å²) in [6.45, 7) is 0. The second-order valence-electron chi connectivity index (χ2n) is 7.15. The number of sulfone groups is 1. The van der Waals surface area contributed by atoms with Crippen molar-refractivity contribution in [1.29, 1.82) is 0 Å². The number of hydrogen-bond donors (Lipinski definition) is 1. The van der Waals surface area contributed by atoms with Gasteiger partial charge in [-0.1, -0.05) is 6.07 Å². The molecule has 0 amide bonds. The molecule has 2 unspecified atom stereocenters. The number of pyridine rings is 1. The second-order valence-corrected chi connectivity index (χ2v) is 9.77. The number of aryl methyl sites for hydroxylation is 1. The molecule has 1 saturated heterocycles. The van der Waals surface area contributed by atoms with Crippen LogP contribution in [0.5, 0.6) is 0 Å². The van der Waals surface area contributed by atoms with Gasteiger partial charge in [0.1, 0.15) is 0 Å². The van der Waals surface area contributed by atoms with Crippen molar-refractivity contribution in [2.24, 2.45) is 7.05 Å². The van der Waals surface area contributed by atoms with Crippen molar-refractivity contribution >= 4 is 32.3 Å². The standard InChI is InChI=1S/C19H18ClN3O2S/c1-23-15-6-5-12(26(24,25)17-4-2-3-9-21-17)10-13(15)18-14-7-8-19(20,22-14)11-16(18)23/h2-6,9-10,14,22H,7-8,11H2,1H3. The summed E-state index contributed by atoms with van der Waals surface area (Å²) in [6.07, 6.45) is 4.13. The highest BCUT2D eigenvalue weighted by molar-refractivity contribution is 7.91. The van der Waals surface area contributed by atoms with E-state index < -0.39 is 9.84 Å². The highest BCUT2D eigenvalue weighted by Gasteiger charge is 2.45. The summed E-state index contributed by atoms with van der Waals surface area (Å²) in [6, 6.07) is 10.4. The number of nitrogens with zero attached hydrogens (tertiary/aromatic N) is 2. The van der Waals surface area contributed by atoms with Gasteiger partial charge in [0.15, 0.2) is 5.03 Å². The van der Waals surface area contributed by atoms with Gasteiger partial charge in [0, 0.05) is 42.3 Å². The van der Waals surface area contributed by atoms with Crippen LogP contribution in [0.3, 0.4) is 0 Å². The minimum absolute atomic E-state index is 0.0721. The van der Waals surface area contributed by atoms with E-state index in [2.05, 4.69) is 14.9 Å². The SMILES string of the molecule is Cn1c2c(c3cc(S(=O)(=O)c4ccccn4)ccc31)C1CCC(Cl)(C2)N1. The molecular formula is C19H18ClN3O2S. The highest BCUT2D eigenvalue weighted by atomic mass is 35.5. The van der Waals surface area contributed by atoms with Gasteiger partial charge in [0.25, 0.3) is 0 Å². The van der Waals surface area contributed by atoms with Crippen molar-refractivity contribution in [3.05, 3.63) is 53.9 Å². The lowest BCUT2D eigenvalue weighted by molar-refractivity contribution is 0.455. The van der Waals surface area contributed by atoms with Crippen LogP contribution in [-0.4, -0.2) is 23.0 Å². The molecule has 5 nitrogen and oxygen atoms in total. The zero-order chi connectivity index (χ0) is 18.1. The number of rotatable bonds is 2. The fourth-order valence-electron chi connectivity index (χ4n) is 4.35. The Morgan fingerprint density at radius 3 is 2.92 bits per heavy atom. The highest BCUT2D eigenvalue weighted by Crippen LogP contribution is 2.47. The van der Waals surface area contributed by atoms with E-state index in [0.717, 1.165) is 30.2 Å². The van der Waals surface area contributed by atoms with Crippen LogP contribution >= 0.6 is 11.6 Å². The number of nitrogens with one attached hydrogen (secondary N) is 1. The molecule has 0 spiro atoms. The first-order valence-corrected chi connectivity index (χ1v) is 10.5. The lowest BCUT2D eigenvalue weighted by atomic mass is 9.99. The van der Waals surface area contributed by atoms with Gasteiger partial charge in [-0.05, 0) is 48.7 Å². The van der Waals surface area contributed by atoms with Crippen LogP contribution in [-0.2, 0) is 23.3 Å². The minimum atomic E-state index is -3.64. The molecule has 3 aromatic rings. The van der Waals surface area contributed by atoms with Crippen molar-refractivity contribution in [3.63, 3.8) is 0 Å². The molecule has 2 aliphatic rings. The molecule has 7 heteroatoms. The molecular weight excluding hydrogens is 370 g/mol. The third-order valence-corrected chi connectivity index (χ3v) is 7.72. The fraction of sp³-hybridized carbons (Fsp3) is 0.316. The zero-order valence-corrected chi connectivity index (χ0v) is 15.8. The van der Waals surface area contributed by atoms with Crippen molar-refractivity contribution < 1.29 is 8.42 Å². The van der Waals surface area contributed by atoms with Gasteiger partial charge in [0.2, 0.25) is 9.84 Å². The summed E-state index contributed by atoms with van der Waals surface area (Å²) < 4.78 is 28.1. The molecule has 2 atom stereocenters. The molecule has 0 saturated carbocycles. The first kappa shape index (κ1) is 16.3. The van der Waals surface area contributed by atoms with Crippen molar-refractivity contribution in [2.75, 3.05) is 0 Å². The largest absolute Gasteiger partial charge is 0.347 e. The predicted molar refractivity (Wildman–Crippen MR) is 100 cm³/mol. The minimum Gasteiger partial charge on any atom is -0.347 e. The van der Waals surface area contributed by atoms with Crippen molar-refractivity contribution in [3.8, 4) is 0 Å². The summed E-state index contributed by atoms with van der Waals surface area (Å²) in [4.78, 5) is 3.93. The van der Waals surface area contributed by atoms with Crippen LogP contribution in [0, 0.1) is 0 Å². The Hall–Kier alpha value is -1.89. The van der Waals surface area contributed by atoms with Gasteiger partial charge in [-0.25, -0.2) is 13.4 Å². The fourth-order valence-corrected chi connectivity index (χ4v) is 5.94. The second kappa shape index (κ2) is 5.31. The topological polar surface area (TPSA) is 64.0 Å². The maximum atomic E-state index is 13.0. The lowest BCUT2D eigenvalue weighted by Crippen LogP contribution is -2.41. The number of aromatic nitrogens is 2. The molecule has 1 aromatic carbocycles. The van der Waals surface area contributed by atoms with E-state index in [-0.39, 0.29) is 21.0 Å². The Kier molecular flexibility index (Phi) is 3.33. The first-order chi connectivity index (χ1) is 12.4. The van der Waals surface area contributed by atoms with Crippen LogP contribution < -0.4 is 5.32 Å². The normalized spacial score (nSPS) is 24.8. The summed E-state index contributed by atoms with van der Waals surface area (Å²) in [5, 5.41) is 4.56. The quantitative estimate of drug-likeness (QED) is 0.541. The smallest absolute Gasteiger partial charge is 0.223 e. The summed E-state index contributed by atoms with van der Waals surface area (Å²) in [5.41, 5.74) is 3.42. The Labute approximate surface area is 156 Å². The number of alkyl halides is 1. The van der Waals surface area contributed by atoms with Gasteiger partial charge >= 0.3 is 0 Å². The van der Waals surface area contributed by atoms with Gasteiger partial charge in [-0.2, -0.15) is 0 Å². The molecule has 0 aliphatic carbocycles. The molecule has 4 heterocycles. The van der Waals surface area contributed by atoms with Gasteiger partial charge in [-0.3, -0.25) is 5.32 Å². The number of hydrogen-bond acceptors (Lipinski definition) is 4. The Morgan fingerprint density at radius 2 is 2.15 bits per heavy atom. The monoisotopic (exact) mass is 387 g/mol. The van der Waals surface area contributed by atoms with Crippen molar-refractivity contribution in [2.45, 2.75) is 40.2 Å². The maximum Gasteiger partial charge on any atom is 0.223 e. The van der Waals surface area contributed by atoms with Crippen molar-refractivity contribution in [1.82, 2.24) is 14.9 Å². The molecule has 26 heavy (non-hydrogen) atoms. The average molecular weight is 388 g/mol.